The third kappa shape index (κ3) is 74.7. The van der Waals surface area contributed by atoms with Crippen LogP contribution in [0.1, 0.15) is 433 Å². The highest BCUT2D eigenvalue weighted by Crippen LogP contribution is 2.45. The molecular formula is C82H160O17P2. The fourth-order valence-electron chi connectivity index (χ4n) is 12.7. The quantitative estimate of drug-likeness (QED) is 0.0222. The number of phosphoric ester groups is 2. The summed E-state index contributed by atoms with van der Waals surface area (Å²) in [6.45, 7) is 9.63. The molecule has 0 fully saturated rings. The predicted octanol–water partition coefficient (Wildman–Crippen LogP) is 24.7. The Morgan fingerprint density at radius 2 is 0.505 bits per heavy atom. The largest absolute Gasteiger partial charge is 0.472 e. The first-order valence-corrected chi connectivity index (χ1v) is 45.5. The van der Waals surface area contributed by atoms with Gasteiger partial charge < -0.3 is 33.8 Å². The van der Waals surface area contributed by atoms with Crippen molar-refractivity contribution in [1.29, 1.82) is 0 Å². The molecule has 17 nitrogen and oxygen atoms in total. The molecule has 0 spiro atoms. The van der Waals surface area contributed by atoms with Gasteiger partial charge in [0.15, 0.2) is 12.2 Å². The third-order valence-electron chi connectivity index (χ3n) is 19.6. The van der Waals surface area contributed by atoms with Crippen LogP contribution in [0, 0.1) is 11.8 Å². The molecule has 3 N–H and O–H groups in total. The summed E-state index contributed by atoms with van der Waals surface area (Å²) >= 11 is 0. The molecule has 600 valence electrons. The van der Waals surface area contributed by atoms with E-state index in [0.29, 0.717) is 25.7 Å². The number of aliphatic hydroxyl groups is 1. The standard InChI is InChI=1S/C82H160O17P2/c1-7-10-12-14-16-18-20-22-24-26-28-33-37-41-45-52-58-64-79(84)92-70-77(98-81(86)66-61-55-47-43-39-35-31-30-32-36-40-44-50-56-62-74(4)5)72-96-100(88,89)94-68-76(83)69-95-101(90,91)97-73-78(71-93-80(85)65-59-53-49-48-51-57-63-75(6)9-3)99-82(87)67-60-54-46-42-38-34-29-27-25-23-21-19-17-15-13-11-8-2/h74-78,83H,7-73H2,1-6H3,(H,88,89)(H,90,91)/t75?,76-,77-,78-/m1/s1. The van der Waals surface area contributed by atoms with Gasteiger partial charge in [-0.15, -0.1) is 0 Å². The molecule has 0 saturated heterocycles. The molecule has 0 aromatic carbocycles. The van der Waals surface area contributed by atoms with Gasteiger partial charge in [-0.2, -0.15) is 0 Å². The third-order valence-corrected chi connectivity index (χ3v) is 21.5. The van der Waals surface area contributed by atoms with Crippen molar-refractivity contribution in [3.05, 3.63) is 0 Å². The molecule has 0 aliphatic heterocycles. The number of carbonyl (C=O) groups is 4. The lowest BCUT2D eigenvalue weighted by Gasteiger charge is -2.21. The second-order valence-electron chi connectivity index (χ2n) is 30.2. The van der Waals surface area contributed by atoms with E-state index in [2.05, 4.69) is 41.5 Å². The molecule has 19 heteroatoms. The van der Waals surface area contributed by atoms with Crippen LogP contribution in [-0.2, 0) is 65.4 Å². The van der Waals surface area contributed by atoms with Crippen molar-refractivity contribution in [2.75, 3.05) is 39.6 Å². The Labute approximate surface area is 619 Å². The molecule has 0 heterocycles. The van der Waals surface area contributed by atoms with E-state index in [1.54, 1.807) is 0 Å². The highest BCUT2D eigenvalue weighted by molar-refractivity contribution is 7.47. The number of esters is 4. The normalized spacial score (nSPS) is 14.2. The highest BCUT2D eigenvalue weighted by Gasteiger charge is 2.30. The number of rotatable bonds is 81. The molecule has 0 aromatic heterocycles. The van der Waals surface area contributed by atoms with Gasteiger partial charge >= 0.3 is 39.5 Å². The van der Waals surface area contributed by atoms with E-state index in [1.165, 1.54) is 244 Å². The Morgan fingerprint density at radius 1 is 0.287 bits per heavy atom. The zero-order valence-electron chi connectivity index (χ0n) is 66.2. The highest BCUT2D eigenvalue weighted by atomic mass is 31.2. The topological polar surface area (TPSA) is 237 Å². The van der Waals surface area contributed by atoms with Crippen molar-refractivity contribution in [3.8, 4) is 0 Å². The molecule has 0 saturated carbocycles. The molecule has 0 radical (unpaired) electrons. The van der Waals surface area contributed by atoms with Gasteiger partial charge in [-0.3, -0.25) is 37.3 Å². The summed E-state index contributed by atoms with van der Waals surface area (Å²) in [5, 5.41) is 10.7. The number of aliphatic hydroxyl groups excluding tert-OH is 1. The van der Waals surface area contributed by atoms with Crippen LogP contribution in [0.5, 0.6) is 0 Å². The monoisotopic (exact) mass is 1480 g/mol. The minimum absolute atomic E-state index is 0.108. The minimum atomic E-state index is -4.96. The van der Waals surface area contributed by atoms with Crippen LogP contribution in [-0.4, -0.2) is 96.7 Å². The smallest absolute Gasteiger partial charge is 0.462 e. The van der Waals surface area contributed by atoms with E-state index in [-0.39, 0.29) is 25.7 Å². The Balaban J connectivity index is 5.24. The van der Waals surface area contributed by atoms with E-state index < -0.39 is 97.5 Å². The number of ether oxygens (including phenoxy) is 4. The Bertz CT molecular complexity index is 1940. The molecule has 0 aliphatic carbocycles. The first kappa shape index (κ1) is 99.1. The fourth-order valence-corrected chi connectivity index (χ4v) is 14.3. The second kappa shape index (κ2) is 73.6. The molecule has 101 heavy (non-hydrogen) atoms. The number of phosphoric acid groups is 2. The maximum atomic E-state index is 13.1. The van der Waals surface area contributed by atoms with Gasteiger partial charge in [-0.05, 0) is 37.5 Å². The summed E-state index contributed by atoms with van der Waals surface area (Å²) in [6, 6.07) is 0. The summed E-state index contributed by atoms with van der Waals surface area (Å²) < 4.78 is 68.8. The van der Waals surface area contributed by atoms with Crippen LogP contribution in [0.15, 0.2) is 0 Å². The maximum absolute atomic E-state index is 13.1. The van der Waals surface area contributed by atoms with E-state index in [9.17, 15) is 43.2 Å². The Hall–Kier alpha value is -1.94. The number of hydrogen-bond donors (Lipinski definition) is 3. The van der Waals surface area contributed by atoms with Gasteiger partial charge in [0, 0.05) is 25.7 Å². The van der Waals surface area contributed by atoms with Crippen molar-refractivity contribution in [2.24, 2.45) is 11.8 Å². The van der Waals surface area contributed by atoms with Crippen molar-refractivity contribution in [3.63, 3.8) is 0 Å². The molecule has 0 rings (SSSR count). The first-order valence-electron chi connectivity index (χ1n) is 42.5. The van der Waals surface area contributed by atoms with Crippen molar-refractivity contribution in [1.82, 2.24) is 0 Å². The van der Waals surface area contributed by atoms with Crippen LogP contribution >= 0.6 is 15.6 Å². The van der Waals surface area contributed by atoms with Crippen LogP contribution in [0.25, 0.3) is 0 Å². The SMILES string of the molecule is CCCCCCCCCCCCCCCCCCCC(=O)OC[C@H](COP(=O)(O)OC[C@@H](O)COP(=O)(O)OC[C@@H](COC(=O)CCCCCCCCC(C)CC)OC(=O)CCCCCCCCCCCCCCCCCCC)OC(=O)CCCCCCCCCCCCCCCCC(C)C. The second-order valence-corrected chi connectivity index (χ2v) is 33.1. The number of unbranched alkanes of at least 4 members (excludes halogenated alkanes) is 50. The fraction of sp³-hybridized carbons (Fsp3) is 0.951. The molecule has 0 amide bonds. The van der Waals surface area contributed by atoms with Gasteiger partial charge in [0.2, 0.25) is 0 Å². The Kier molecular flexibility index (Phi) is 72.2. The van der Waals surface area contributed by atoms with Gasteiger partial charge in [-0.1, -0.05) is 382 Å². The first-order chi connectivity index (χ1) is 48.9. The van der Waals surface area contributed by atoms with Crippen LogP contribution in [0.2, 0.25) is 0 Å². The van der Waals surface area contributed by atoms with E-state index in [0.717, 1.165) is 108 Å². The van der Waals surface area contributed by atoms with Crippen LogP contribution in [0.3, 0.4) is 0 Å². The summed E-state index contributed by atoms with van der Waals surface area (Å²) in [4.78, 5) is 73.1. The average Bonchev–Trinajstić information content (AvgIpc) is 0.956. The van der Waals surface area contributed by atoms with Gasteiger partial charge in [0.1, 0.15) is 19.3 Å². The lowest BCUT2D eigenvalue weighted by Crippen LogP contribution is -2.30. The van der Waals surface area contributed by atoms with Gasteiger partial charge in [0.25, 0.3) is 0 Å². The van der Waals surface area contributed by atoms with E-state index >= 15 is 0 Å². The van der Waals surface area contributed by atoms with Gasteiger partial charge in [-0.25, -0.2) is 9.13 Å². The van der Waals surface area contributed by atoms with Crippen molar-refractivity contribution >= 4 is 39.5 Å². The number of carbonyl (C=O) groups excluding carboxylic acids is 4. The molecule has 0 aliphatic rings. The average molecular weight is 1480 g/mol. The lowest BCUT2D eigenvalue weighted by molar-refractivity contribution is -0.161. The van der Waals surface area contributed by atoms with E-state index in [4.69, 9.17) is 37.0 Å². The number of hydrogen-bond acceptors (Lipinski definition) is 15. The summed E-state index contributed by atoms with van der Waals surface area (Å²) in [5.41, 5.74) is 0. The van der Waals surface area contributed by atoms with Gasteiger partial charge in [0.05, 0.1) is 26.4 Å². The molecule has 0 aromatic rings. The van der Waals surface area contributed by atoms with Crippen molar-refractivity contribution < 1.29 is 80.2 Å². The molecular weight excluding hydrogens is 1320 g/mol. The predicted molar refractivity (Wildman–Crippen MR) is 414 cm³/mol. The van der Waals surface area contributed by atoms with Crippen LogP contribution < -0.4 is 0 Å². The molecule has 3 unspecified atom stereocenters. The minimum Gasteiger partial charge on any atom is -0.462 e. The summed E-state index contributed by atoms with van der Waals surface area (Å²) in [7, 11) is -9.92. The molecule has 0 bridgehead atoms. The Morgan fingerprint density at radius 3 is 0.752 bits per heavy atom. The maximum Gasteiger partial charge on any atom is 0.472 e. The van der Waals surface area contributed by atoms with Crippen LogP contribution in [0.4, 0.5) is 0 Å². The summed E-state index contributed by atoms with van der Waals surface area (Å²) in [6.07, 6.45) is 63.8. The zero-order chi connectivity index (χ0) is 74.2. The van der Waals surface area contributed by atoms with E-state index in [1.807, 2.05) is 0 Å². The molecule has 6 atom stereocenters. The zero-order valence-corrected chi connectivity index (χ0v) is 68.0. The lowest BCUT2D eigenvalue weighted by atomic mass is 10.00. The summed E-state index contributed by atoms with van der Waals surface area (Å²) in [5.74, 6) is -0.581. The van der Waals surface area contributed by atoms with Crippen molar-refractivity contribution in [2.45, 2.75) is 452 Å².